The van der Waals surface area contributed by atoms with E-state index < -0.39 is 4.92 Å². The minimum Gasteiger partial charge on any atom is -0.495 e. The lowest BCUT2D eigenvalue weighted by molar-refractivity contribution is -0.384. The molecule has 0 saturated heterocycles. The molecule has 0 bridgehead atoms. The van der Waals surface area contributed by atoms with Crippen molar-refractivity contribution in [3.63, 3.8) is 0 Å². The van der Waals surface area contributed by atoms with Crippen LogP contribution in [-0.4, -0.2) is 50.1 Å². The van der Waals surface area contributed by atoms with Gasteiger partial charge in [0.2, 0.25) is 5.91 Å². The number of benzene rings is 4. The smallest absolute Gasteiger partial charge is 0.269 e. The van der Waals surface area contributed by atoms with Crippen molar-refractivity contribution in [3.05, 3.63) is 130 Å². The molecule has 0 aliphatic heterocycles. The molecule has 0 radical (unpaired) electrons. The van der Waals surface area contributed by atoms with E-state index in [2.05, 4.69) is 64.7 Å². The molecule has 48 heavy (non-hydrogen) atoms. The van der Waals surface area contributed by atoms with Crippen LogP contribution in [0.15, 0.2) is 104 Å². The molecule has 11 heteroatoms. The van der Waals surface area contributed by atoms with E-state index >= 15 is 0 Å². The monoisotopic (exact) mass is 664 g/mol. The number of amides is 1. The third-order valence-electron chi connectivity index (χ3n) is 8.61. The molecule has 248 valence electrons. The predicted octanol–water partition coefficient (Wildman–Crippen LogP) is 6.97. The number of para-hydroxylation sites is 2. The van der Waals surface area contributed by atoms with Crippen LogP contribution in [0.3, 0.4) is 0 Å². The number of nitrogens with one attached hydrogen (secondary N) is 2. The number of non-ortho nitro benzene ring substituents is 1. The second-order valence-corrected chi connectivity index (χ2v) is 12.2. The molecule has 4 aromatic carbocycles. The molecule has 2 N–H and O–H groups in total. The summed E-state index contributed by atoms with van der Waals surface area (Å²) in [5, 5.41) is 20.6. The van der Waals surface area contributed by atoms with E-state index in [-0.39, 0.29) is 30.0 Å². The Bertz CT molecular complexity index is 1870. The number of nitrogens with zero attached hydrogens (tertiary/aromatic N) is 4. The van der Waals surface area contributed by atoms with E-state index in [1.807, 2.05) is 41.0 Å². The first-order valence-electron chi connectivity index (χ1n) is 15.9. The Kier molecular flexibility index (Phi) is 11.4. The highest BCUT2D eigenvalue weighted by atomic mass is 32.1. The number of carbonyl (C=O) groups is 1. The number of carbonyl (C=O) groups excluding carboxylic acids is 1. The fourth-order valence-electron chi connectivity index (χ4n) is 5.67. The van der Waals surface area contributed by atoms with Crippen LogP contribution < -0.4 is 15.4 Å². The molecule has 5 rings (SSSR count). The number of anilines is 1. The van der Waals surface area contributed by atoms with Crippen LogP contribution in [0.4, 0.5) is 11.4 Å². The largest absolute Gasteiger partial charge is 0.495 e. The van der Waals surface area contributed by atoms with E-state index in [1.54, 1.807) is 31.8 Å². The number of hydrogen-bond donors (Lipinski definition) is 2. The summed E-state index contributed by atoms with van der Waals surface area (Å²) in [5.74, 6) is 0.713. The Labute approximate surface area is 285 Å². The van der Waals surface area contributed by atoms with E-state index in [0.29, 0.717) is 30.5 Å². The van der Waals surface area contributed by atoms with Gasteiger partial charge >= 0.3 is 0 Å². The number of ether oxygens (including phenoxy) is 1. The summed E-state index contributed by atoms with van der Waals surface area (Å²) in [6, 6.07) is 28.4. The molecule has 1 amide bonds. The van der Waals surface area contributed by atoms with E-state index in [4.69, 9.17) is 17.0 Å². The van der Waals surface area contributed by atoms with Gasteiger partial charge in [-0.15, -0.1) is 0 Å². The Morgan fingerprint density at radius 1 is 1.04 bits per heavy atom. The Hall–Kier alpha value is -5.29. The van der Waals surface area contributed by atoms with Gasteiger partial charge in [0.05, 0.1) is 30.5 Å². The summed E-state index contributed by atoms with van der Waals surface area (Å²) in [7, 11) is 1.63. The normalized spacial score (nSPS) is 12.2. The van der Waals surface area contributed by atoms with E-state index in [0.717, 1.165) is 39.7 Å². The van der Waals surface area contributed by atoms with Crippen LogP contribution in [0, 0.1) is 16.0 Å². The zero-order valence-corrected chi connectivity index (χ0v) is 28.2. The Balaban J connectivity index is 1.35. The van der Waals surface area contributed by atoms with Crippen molar-refractivity contribution < 1.29 is 14.5 Å². The van der Waals surface area contributed by atoms with Gasteiger partial charge in [0.15, 0.2) is 5.11 Å². The van der Waals surface area contributed by atoms with Crippen molar-refractivity contribution in [1.29, 1.82) is 0 Å². The number of nitro groups is 1. The lowest BCUT2D eigenvalue weighted by Crippen LogP contribution is -2.50. The SMILES string of the molecule is CC[C@H](C)[C@@H](CN(Cc1cccc2ccccc12)C(=S)Nc1ccccc1OC)NC(=O)Cc1cncn1Cc1ccc([N+](=O)[O-])cc1. The third kappa shape index (κ3) is 8.54. The van der Waals surface area contributed by atoms with Gasteiger partial charge in [-0.2, -0.15) is 0 Å². The second kappa shape index (κ2) is 16.0. The molecule has 0 spiro atoms. The fourth-order valence-corrected chi connectivity index (χ4v) is 5.92. The molecule has 2 atom stereocenters. The number of nitro benzene ring substituents is 1. The summed E-state index contributed by atoms with van der Waals surface area (Å²) < 4.78 is 7.46. The molecule has 0 unspecified atom stereocenters. The standard InChI is InChI=1S/C37H40N6O4S/c1-4-26(2)34(39-36(44)20-31-21-38-25-42(31)22-27-16-18-30(19-17-27)43(45)46)24-41(37(48)40-33-14-7-8-15-35(33)47-3)23-29-12-9-11-28-10-5-6-13-32(28)29/h5-19,21,25-26,34H,4,20,22-24H2,1-3H3,(H,39,44)(H,40,48)/t26-,34+/m0/s1. The van der Waals surface area contributed by atoms with Crippen LogP contribution in [-0.2, 0) is 24.3 Å². The van der Waals surface area contributed by atoms with Crippen LogP contribution in [0.1, 0.15) is 37.1 Å². The maximum Gasteiger partial charge on any atom is 0.269 e. The lowest BCUT2D eigenvalue weighted by atomic mass is 9.97. The van der Waals surface area contributed by atoms with Crippen molar-refractivity contribution in [2.75, 3.05) is 19.0 Å². The highest BCUT2D eigenvalue weighted by Crippen LogP contribution is 2.26. The zero-order chi connectivity index (χ0) is 34.0. The van der Waals surface area contributed by atoms with Crippen LogP contribution in [0.5, 0.6) is 5.75 Å². The first kappa shape index (κ1) is 34.1. The molecule has 1 heterocycles. The van der Waals surface area contributed by atoms with Crippen molar-refractivity contribution in [1.82, 2.24) is 19.8 Å². The van der Waals surface area contributed by atoms with E-state index in [9.17, 15) is 14.9 Å². The molecule has 0 aliphatic carbocycles. The Morgan fingerprint density at radius 2 is 1.77 bits per heavy atom. The maximum atomic E-state index is 13.6. The van der Waals surface area contributed by atoms with Gasteiger partial charge < -0.3 is 24.8 Å². The number of fused-ring (bicyclic) bond motifs is 1. The average Bonchev–Trinajstić information content (AvgIpc) is 3.53. The van der Waals surface area contributed by atoms with Crippen LogP contribution in [0.25, 0.3) is 10.8 Å². The molecule has 10 nitrogen and oxygen atoms in total. The van der Waals surface area contributed by atoms with Gasteiger partial charge in [-0.25, -0.2) is 4.98 Å². The lowest BCUT2D eigenvalue weighted by Gasteiger charge is -2.33. The molecular weight excluding hydrogens is 625 g/mol. The molecule has 0 saturated carbocycles. The van der Waals surface area contributed by atoms with Gasteiger partial charge in [-0.05, 0) is 52.2 Å². The fraction of sp³-hybridized carbons (Fsp3) is 0.270. The van der Waals surface area contributed by atoms with Crippen LogP contribution in [0.2, 0.25) is 0 Å². The van der Waals surface area contributed by atoms with Gasteiger partial charge in [0, 0.05) is 49.7 Å². The van der Waals surface area contributed by atoms with E-state index in [1.165, 1.54) is 12.1 Å². The number of aromatic nitrogens is 2. The molecule has 0 fully saturated rings. The number of rotatable bonds is 14. The summed E-state index contributed by atoms with van der Waals surface area (Å²) in [6.07, 6.45) is 4.34. The topological polar surface area (TPSA) is 115 Å². The number of methoxy groups -OCH3 is 1. The number of imidazole rings is 1. The predicted molar refractivity (Wildman–Crippen MR) is 193 cm³/mol. The quantitative estimate of drug-likeness (QED) is 0.0743. The maximum absolute atomic E-state index is 13.6. The summed E-state index contributed by atoms with van der Waals surface area (Å²) in [4.78, 5) is 30.6. The van der Waals surface area contributed by atoms with Crippen molar-refractivity contribution in [3.8, 4) is 5.75 Å². The van der Waals surface area contributed by atoms with Gasteiger partial charge in [-0.3, -0.25) is 14.9 Å². The first-order valence-corrected chi connectivity index (χ1v) is 16.3. The summed E-state index contributed by atoms with van der Waals surface area (Å²) >= 11 is 6.03. The van der Waals surface area contributed by atoms with Gasteiger partial charge in [0.1, 0.15) is 5.75 Å². The van der Waals surface area contributed by atoms with Crippen LogP contribution >= 0.6 is 12.2 Å². The van der Waals surface area contributed by atoms with Crippen molar-refractivity contribution >= 4 is 45.4 Å². The molecule has 1 aromatic heterocycles. The Morgan fingerprint density at radius 3 is 2.52 bits per heavy atom. The number of hydrogen-bond acceptors (Lipinski definition) is 6. The summed E-state index contributed by atoms with van der Waals surface area (Å²) in [5.41, 5.74) is 3.54. The first-order chi connectivity index (χ1) is 23.2. The number of thiocarbonyl (C=S) groups is 1. The highest BCUT2D eigenvalue weighted by Gasteiger charge is 2.25. The average molecular weight is 665 g/mol. The molecule has 5 aromatic rings. The summed E-state index contributed by atoms with van der Waals surface area (Å²) in [6.45, 7) is 5.71. The molecule has 0 aliphatic rings. The van der Waals surface area contributed by atoms with Crippen molar-refractivity contribution in [2.45, 2.75) is 45.8 Å². The second-order valence-electron chi connectivity index (χ2n) is 11.8. The zero-order valence-electron chi connectivity index (χ0n) is 27.3. The highest BCUT2D eigenvalue weighted by molar-refractivity contribution is 7.80. The third-order valence-corrected chi connectivity index (χ3v) is 8.97. The molecular formula is C37H40N6O4S. The van der Waals surface area contributed by atoms with Gasteiger partial charge in [0.25, 0.3) is 5.69 Å². The van der Waals surface area contributed by atoms with Crippen molar-refractivity contribution in [2.24, 2.45) is 5.92 Å². The minimum atomic E-state index is -0.422. The van der Waals surface area contributed by atoms with Gasteiger partial charge in [-0.1, -0.05) is 87.0 Å². The minimum absolute atomic E-state index is 0.0344.